The molecule has 3 rings (SSSR count). The fraction of sp³-hybridized carbons (Fsp3) is 0.190. The Hall–Kier alpha value is -3.35. The minimum absolute atomic E-state index is 0.207. The molecule has 0 bridgehead atoms. The van der Waals surface area contributed by atoms with Gasteiger partial charge in [-0.3, -0.25) is 4.79 Å². The Kier molecular flexibility index (Phi) is 6.62. The lowest BCUT2D eigenvalue weighted by Gasteiger charge is -2.07. The van der Waals surface area contributed by atoms with Crippen molar-refractivity contribution in [1.29, 1.82) is 0 Å². The molecule has 0 aliphatic carbocycles. The average Bonchev–Trinajstić information content (AvgIpc) is 2.71. The number of amides is 1. The topological polar surface area (TPSA) is 66.9 Å². The van der Waals surface area contributed by atoms with E-state index in [1.165, 1.54) is 18.2 Å². The maximum atomic E-state index is 13.6. The molecule has 2 aromatic carbocycles. The largest absolute Gasteiger partial charge is 0.368 e. The van der Waals surface area contributed by atoms with Gasteiger partial charge in [0.05, 0.1) is 0 Å². The highest BCUT2D eigenvalue weighted by Crippen LogP contribution is 2.08. The number of halogens is 2. The number of rotatable bonds is 8. The van der Waals surface area contributed by atoms with Crippen LogP contribution in [0.4, 0.5) is 14.6 Å². The highest BCUT2D eigenvalue weighted by molar-refractivity contribution is 5.92. The predicted octanol–water partition coefficient (Wildman–Crippen LogP) is 3.38. The molecule has 2 N–H and O–H groups in total. The van der Waals surface area contributed by atoms with E-state index in [-0.39, 0.29) is 23.2 Å². The van der Waals surface area contributed by atoms with Gasteiger partial charge in [0, 0.05) is 13.1 Å². The minimum atomic E-state index is -0.326. The van der Waals surface area contributed by atoms with Crippen LogP contribution in [0.25, 0.3) is 0 Å². The van der Waals surface area contributed by atoms with Crippen molar-refractivity contribution in [2.75, 3.05) is 18.4 Å². The van der Waals surface area contributed by atoms with Gasteiger partial charge in [-0.05, 0) is 54.3 Å². The summed E-state index contributed by atoms with van der Waals surface area (Å²) in [6.45, 7) is 0.910. The quantitative estimate of drug-likeness (QED) is 0.627. The number of carbonyl (C=O) groups is 1. The smallest absolute Gasteiger partial charge is 0.271 e. The standard InChI is InChI=1S/C21H20F2N4O/c22-17-7-5-15(6-8-17)11-13-25-21(28)19-9-10-20(27-26-19)24-14-12-16-3-1-2-4-18(16)23/h1-10H,11-14H2,(H,24,27)(H,25,28). The molecule has 0 spiro atoms. The molecule has 0 radical (unpaired) electrons. The highest BCUT2D eigenvalue weighted by atomic mass is 19.1. The van der Waals surface area contributed by atoms with Gasteiger partial charge < -0.3 is 10.6 Å². The molecule has 0 fully saturated rings. The van der Waals surface area contributed by atoms with Crippen molar-refractivity contribution < 1.29 is 13.6 Å². The molecular weight excluding hydrogens is 362 g/mol. The molecule has 0 atom stereocenters. The molecular formula is C21H20F2N4O. The summed E-state index contributed by atoms with van der Waals surface area (Å²) < 4.78 is 26.4. The first-order chi connectivity index (χ1) is 13.6. The van der Waals surface area contributed by atoms with Crippen LogP contribution in [0.5, 0.6) is 0 Å². The predicted molar refractivity (Wildman–Crippen MR) is 103 cm³/mol. The average molecular weight is 382 g/mol. The Morgan fingerprint density at radius 1 is 0.857 bits per heavy atom. The third kappa shape index (κ3) is 5.57. The number of benzene rings is 2. The fourth-order valence-electron chi connectivity index (χ4n) is 2.64. The van der Waals surface area contributed by atoms with Crippen molar-refractivity contribution >= 4 is 11.7 Å². The van der Waals surface area contributed by atoms with E-state index in [9.17, 15) is 13.6 Å². The zero-order chi connectivity index (χ0) is 19.8. The summed E-state index contributed by atoms with van der Waals surface area (Å²) in [6.07, 6.45) is 1.11. The summed E-state index contributed by atoms with van der Waals surface area (Å²) in [7, 11) is 0. The molecule has 1 aromatic heterocycles. The number of aromatic nitrogens is 2. The van der Waals surface area contributed by atoms with Gasteiger partial charge in [0.25, 0.3) is 5.91 Å². The second-order valence-corrected chi connectivity index (χ2v) is 6.20. The summed E-state index contributed by atoms with van der Waals surface area (Å²) in [5, 5.41) is 13.7. The number of anilines is 1. The first-order valence-corrected chi connectivity index (χ1v) is 8.95. The van der Waals surface area contributed by atoms with Gasteiger partial charge in [0.1, 0.15) is 17.5 Å². The molecule has 28 heavy (non-hydrogen) atoms. The zero-order valence-electron chi connectivity index (χ0n) is 15.2. The maximum Gasteiger partial charge on any atom is 0.271 e. The first-order valence-electron chi connectivity index (χ1n) is 8.95. The lowest BCUT2D eigenvalue weighted by molar-refractivity contribution is 0.0948. The fourth-order valence-corrected chi connectivity index (χ4v) is 2.64. The molecule has 0 unspecified atom stereocenters. The second kappa shape index (κ2) is 9.55. The monoisotopic (exact) mass is 382 g/mol. The van der Waals surface area contributed by atoms with Crippen LogP contribution in [0.1, 0.15) is 21.6 Å². The van der Waals surface area contributed by atoms with Crippen molar-refractivity contribution in [3.63, 3.8) is 0 Å². The van der Waals surface area contributed by atoms with E-state index in [0.29, 0.717) is 37.3 Å². The Labute approximate surface area is 161 Å². The molecule has 0 saturated heterocycles. The van der Waals surface area contributed by atoms with Crippen LogP contribution in [0.2, 0.25) is 0 Å². The van der Waals surface area contributed by atoms with Crippen LogP contribution in [-0.2, 0) is 12.8 Å². The second-order valence-electron chi connectivity index (χ2n) is 6.20. The van der Waals surface area contributed by atoms with Crippen molar-refractivity contribution in [3.8, 4) is 0 Å². The third-order valence-electron chi connectivity index (χ3n) is 4.17. The Bertz CT molecular complexity index is 914. The summed E-state index contributed by atoms with van der Waals surface area (Å²) in [4.78, 5) is 12.1. The molecule has 1 heterocycles. The van der Waals surface area contributed by atoms with Crippen molar-refractivity contribution in [1.82, 2.24) is 15.5 Å². The number of hydrogen-bond acceptors (Lipinski definition) is 4. The summed E-state index contributed by atoms with van der Waals surface area (Å²) in [6, 6.07) is 16.0. The Morgan fingerprint density at radius 2 is 1.64 bits per heavy atom. The van der Waals surface area contributed by atoms with E-state index in [1.54, 1.807) is 42.5 Å². The molecule has 3 aromatic rings. The molecule has 0 aliphatic rings. The van der Waals surface area contributed by atoms with Gasteiger partial charge in [-0.2, -0.15) is 0 Å². The number of nitrogens with one attached hydrogen (secondary N) is 2. The first kappa shape index (κ1) is 19.4. The van der Waals surface area contributed by atoms with E-state index in [2.05, 4.69) is 20.8 Å². The lowest BCUT2D eigenvalue weighted by Crippen LogP contribution is -2.26. The number of hydrogen-bond donors (Lipinski definition) is 2. The van der Waals surface area contributed by atoms with E-state index < -0.39 is 0 Å². The van der Waals surface area contributed by atoms with Crippen LogP contribution in [0, 0.1) is 11.6 Å². The van der Waals surface area contributed by atoms with Crippen LogP contribution in [0.15, 0.2) is 60.7 Å². The minimum Gasteiger partial charge on any atom is -0.368 e. The molecule has 0 aliphatic heterocycles. The van der Waals surface area contributed by atoms with Crippen LogP contribution < -0.4 is 10.6 Å². The zero-order valence-corrected chi connectivity index (χ0v) is 15.2. The Morgan fingerprint density at radius 3 is 2.36 bits per heavy atom. The van der Waals surface area contributed by atoms with Crippen molar-refractivity contribution in [3.05, 3.63) is 89.1 Å². The normalized spacial score (nSPS) is 10.5. The van der Waals surface area contributed by atoms with E-state index in [4.69, 9.17) is 0 Å². The van der Waals surface area contributed by atoms with E-state index in [1.807, 2.05) is 0 Å². The van der Waals surface area contributed by atoms with Crippen LogP contribution in [0.3, 0.4) is 0 Å². The molecule has 5 nitrogen and oxygen atoms in total. The third-order valence-corrected chi connectivity index (χ3v) is 4.17. The summed E-state index contributed by atoms with van der Waals surface area (Å²) in [5.74, 6) is -0.333. The maximum absolute atomic E-state index is 13.6. The van der Waals surface area contributed by atoms with E-state index in [0.717, 1.165) is 5.56 Å². The van der Waals surface area contributed by atoms with Gasteiger partial charge in [0.2, 0.25) is 0 Å². The number of carbonyl (C=O) groups excluding carboxylic acids is 1. The van der Waals surface area contributed by atoms with Gasteiger partial charge in [-0.25, -0.2) is 8.78 Å². The Balaban J connectivity index is 1.43. The van der Waals surface area contributed by atoms with Crippen molar-refractivity contribution in [2.45, 2.75) is 12.8 Å². The lowest BCUT2D eigenvalue weighted by atomic mass is 10.1. The van der Waals surface area contributed by atoms with E-state index >= 15 is 0 Å². The van der Waals surface area contributed by atoms with Gasteiger partial charge in [-0.1, -0.05) is 30.3 Å². The van der Waals surface area contributed by atoms with Gasteiger partial charge in [-0.15, -0.1) is 10.2 Å². The van der Waals surface area contributed by atoms with Gasteiger partial charge >= 0.3 is 0 Å². The van der Waals surface area contributed by atoms with Gasteiger partial charge in [0.15, 0.2) is 5.69 Å². The molecule has 7 heteroatoms. The molecule has 1 amide bonds. The molecule has 0 saturated carbocycles. The number of nitrogens with zero attached hydrogens (tertiary/aromatic N) is 2. The van der Waals surface area contributed by atoms with Crippen LogP contribution >= 0.6 is 0 Å². The highest BCUT2D eigenvalue weighted by Gasteiger charge is 2.08. The summed E-state index contributed by atoms with van der Waals surface area (Å²) in [5.41, 5.74) is 1.76. The summed E-state index contributed by atoms with van der Waals surface area (Å²) >= 11 is 0. The molecule has 144 valence electrons. The van der Waals surface area contributed by atoms with Crippen molar-refractivity contribution in [2.24, 2.45) is 0 Å². The SMILES string of the molecule is O=C(NCCc1ccc(F)cc1)c1ccc(NCCc2ccccc2F)nn1. The van der Waals surface area contributed by atoms with Crippen LogP contribution in [-0.4, -0.2) is 29.2 Å².